The number of benzene rings is 1. The summed E-state index contributed by atoms with van der Waals surface area (Å²) < 4.78 is 2.13. The van der Waals surface area contributed by atoms with Crippen LogP contribution in [0.4, 0.5) is 5.82 Å². The van der Waals surface area contributed by atoms with Crippen LogP contribution in [-0.4, -0.2) is 33.5 Å². The van der Waals surface area contributed by atoms with E-state index >= 15 is 0 Å². The van der Waals surface area contributed by atoms with Crippen LogP contribution >= 0.6 is 35.0 Å². The molecule has 1 spiro atoms. The molecule has 2 fully saturated rings. The van der Waals surface area contributed by atoms with Crippen molar-refractivity contribution < 1.29 is 0 Å². The van der Waals surface area contributed by atoms with Crippen LogP contribution in [0.15, 0.2) is 46.7 Å². The van der Waals surface area contributed by atoms with Crippen LogP contribution in [0, 0.1) is 5.41 Å². The van der Waals surface area contributed by atoms with Crippen LogP contribution in [0.25, 0.3) is 5.65 Å². The number of halogens is 2. The summed E-state index contributed by atoms with van der Waals surface area (Å²) in [4.78, 5) is 12.6. The maximum absolute atomic E-state index is 6.45. The Balaban J connectivity index is 1.42. The fourth-order valence-electron chi connectivity index (χ4n) is 4.82. The number of hydrogen-bond donors (Lipinski definition) is 1. The minimum Gasteiger partial charge on any atom is -0.356 e. The fraction of sp³-hybridized carbons (Fsp3) is 0.429. The van der Waals surface area contributed by atoms with Crippen molar-refractivity contribution in [1.29, 1.82) is 0 Å². The molecule has 3 aromatic rings. The number of fused-ring (bicyclic) bond motifs is 1. The van der Waals surface area contributed by atoms with Crippen molar-refractivity contribution in [1.82, 2.24) is 14.4 Å². The van der Waals surface area contributed by atoms with E-state index < -0.39 is 0 Å². The van der Waals surface area contributed by atoms with Crippen LogP contribution in [0.2, 0.25) is 10.0 Å². The van der Waals surface area contributed by atoms with Gasteiger partial charge in [0.2, 0.25) is 0 Å². The molecule has 1 aliphatic heterocycles. The lowest BCUT2D eigenvalue weighted by molar-refractivity contribution is 0.197. The summed E-state index contributed by atoms with van der Waals surface area (Å²) in [5, 5.41) is 1.90. The maximum atomic E-state index is 6.45. The average molecular weight is 448 g/mol. The lowest BCUT2D eigenvalue weighted by Gasteiger charge is -2.42. The normalized spacial score (nSPS) is 21.3. The predicted octanol–water partition coefficient (Wildman–Crippen LogP) is 5.29. The molecule has 2 aliphatic rings. The third-order valence-corrected chi connectivity index (χ3v) is 8.53. The monoisotopic (exact) mass is 447 g/mol. The lowest BCUT2D eigenvalue weighted by Crippen LogP contribution is -2.47. The van der Waals surface area contributed by atoms with Gasteiger partial charge in [-0.25, -0.2) is 9.97 Å². The van der Waals surface area contributed by atoms with Crippen molar-refractivity contribution in [3.8, 4) is 0 Å². The molecule has 1 atom stereocenters. The lowest BCUT2D eigenvalue weighted by atomic mass is 9.74. The van der Waals surface area contributed by atoms with Crippen LogP contribution in [0.1, 0.15) is 32.1 Å². The first-order valence-corrected chi connectivity index (χ1v) is 11.6. The molecule has 5 nitrogen and oxygen atoms in total. The second kappa shape index (κ2) is 7.65. The summed E-state index contributed by atoms with van der Waals surface area (Å²) in [5.41, 5.74) is 7.63. The molecule has 0 unspecified atom stereocenters. The van der Waals surface area contributed by atoms with E-state index in [9.17, 15) is 0 Å². The molecule has 2 aromatic heterocycles. The summed E-state index contributed by atoms with van der Waals surface area (Å²) in [6.45, 7) is 2.02. The van der Waals surface area contributed by atoms with Gasteiger partial charge in [-0.3, -0.25) is 4.40 Å². The van der Waals surface area contributed by atoms with Crippen molar-refractivity contribution in [2.24, 2.45) is 11.1 Å². The Kier molecular flexibility index (Phi) is 5.14. The second-order valence-corrected chi connectivity index (χ2v) is 9.86. The molecular weight excluding hydrogens is 425 g/mol. The van der Waals surface area contributed by atoms with Crippen LogP contribution in [0.5, 0.6) is 0 Å². The van der Waals surface area contributed by atoms with E-state index in [4.69, 9.17) is 33.9 Å². The average Bonchev–Trinajstić information content (AvgIpc) is 3.35. The van der Waals surface area contributed by atoms with Crippen molar-refractivity contribution in [2.45, 2.75) is 48.1 Å². The third-order valence-electron chi connectivity index (χ3n) is 6.56. The molecule has 0 radical (unpaired) electrons. The number of anilines is 1. The number of piperidine rings is 1. The predicted molar refractivity (Wildman–Crippen MR) is 119 cm³/mol. The number of nitrogens with zero attached hydrogens (tertiary/aromatic N) is 4. The Morgan fingerprint density at radius 3 is 2.72 bits per heavy atom. The van der Waals surface area contributed by atoms with Gasteiger partial charge in [0.25, 0.3) is 0 Å². The highest BCUT2D eigenvalue weighted by Gasteiger charge is 2.43. The maximum Gasteiger partial charge on any atom is 0.171 e. The molecule has 5 rings (SSSR count). The highest BCUT2D eigenvalue weighted by molar-refractivity contribution is 7.99. The van der Waals surface area contributed by atoms with Gasteiger partial charge in [0.05, 0.1) is 16.2 Å². The molecule has 0 amide bonds. The van der Waals surface area contributed by atoms with E-state index in [0.29, 0.717) is 21.5 Å². The van der Waals surface area contributed by atoms with Gasteiger partial charge in [0.1, 0.15) is 10.8 Å². The number of aromatic nitrogens is 3. The smallest absolute Gasteiger partial charge is 0.171 e. The van der Waals surface area contributed by atoms with E-state index in [0.717, 1.165) is 47.3 Å². The SMILES string of the molecule is N[C@@H]1CCCC12CCN(c1cnc(Sc3cccc(Cl)c3Cl)c3nccn13)CC2. The second-order valence-electron chi connectivity index (χ2n) is 8.04. The van der Waals surface area contributed by atoms with Gasteiger partial charge >= 0.3 is 0 Å². The minimum absolute atomic E-state index is 0.344. The zero-order chi connectivity index (χ0) is 20.0. The van der Waals surface area contributed by atoms with Crippen LogP contribution in [-0.2, 0) is 0 Å². The minimum atomic E-state index is 0.344. The fourth-order valence-corrected chi connectivity index (χ4v) is 6.20. The van der Waals surface area contributed by atoms with E-state index in [1.54, 1.807) is 6.07 Å². The Morgan fingerprint density at radius 1 is 1.14 bits per heavy atom. The van der Waals surface area contributed by atoms with E-state index in [-0.39, 0.29) is 0 Å². The topological polar surface area (TPSA) is 59.5 Å². The first-order valence-electron chi connectivity index (χ1n) is 10.0. The van der Waals surface area contributed by atoms with Gasteiger partial charge < -0.3 is 10.6 Å². The number of imidazole rings is 1. The highest BCUT2D eigenvalue weighted by Crippen LogP contribution is 2.46. The number of hydrogen-bond acceptors (Lipinski definition) is 5. The summed E-state index contributed by atoms with van der Waals surface area (Å²) in [6, 6.07) is 5.99. The number of nitrogens with two attached hydrogens (primary N) is 1. The molecule has 1 saturated heterocycles. The summed E-state index contributed by atoms with van der Waals surface area (Å²) in [5.74, 6) is 1.08. The van der Waals surface area contributed by atoms with Gasteiger partial charge in [-0.15, -0.1) is 0 Å². The number of rotatable bonds is 3. The Labute approximate surface area is 184 Å². The Morgan fingerprint density at radius 2 is 1.97 bits per heavy atom. The van der Waals surface area contributed by atoms with Gasteiger partial charge in [-0.05, 0) is 43.2 Å². The summed E-state index contributed by atoms with van der Waals surface area (Å²) in [6.07, 6.45) is 11.8. The standard InChI is InChI=1S/C21H23Cl2N5S/c22-14-3-1-4-15(18(14)23)29-20-19-25-9-12-28(19)17(13-26-20)27-10-7-21(8-11-27)6-2-5-16(21)24/h1,3-4,9,12-13,16H,2,5-8,10-11,24H2/t16-/m1/s1. The van der Waals surface area contributed by atoms with Crippen molar-refractivity contribution in [3.05, 3.63) is 46.8 Å². The molecule has 1 aromatic carbocycles. The van der Waals surface area contributed by atoms with E-state index in [1.165, 1.54) is 31.0 Å². The molecule has 8 heteroatoms. The largest absolute Gasteiger partial charge is 0.356 e. The van der Waals surface area contributed by atoms with Crippen molar-refractivity contribution in [2.75, 3.05) is 18.0 Å². The van der Waals surface area contributed by atoms with Gasteiger partial charge in [-0.2, -0.15) is 0 Å². The van der Waals surface area contributed by atoms with Crippen molar-refractivity contribution in [3.63, 3.8) is 0 Å². The molecule has 1 saturated carbocycles. The third kappa shape index (κ3) is 3.40. The molecule has 3 heterocycles. The Hall–Kier alpha value is -1.47. The Bertz CT molecular complexity index is 1040. The van der Waals surface area contributed by atoms with E-state index in [2.05, 4.69) is 14.3 Å². The van der Waals surface area contributed by atoms with Crippen molar-refractivity contribution >= 4 is 46.4 Å². The van der Waals surface area contributed by atoms with Gasteiger partial charge in [0, 0.05) is 36.4 Å². The summed E-state index contributed by atoms with van der Waals surface area (Å²) >= 11 is 14.0. The van der Waals surface area contributed by atoms with Crippen LogP contribution < -0.4 is 10.6 Å². The first-order chi connectivity index (χ1) is 14.1. The molecule has 29 heavy (non-hydrogen) atoms. The molecule has 2 N–H and O–H groups in total. The quantitative estimate of drug-likeness (QED) is 0.591. The summed E-state index contributed by atoms with van der Waals surface area (Å²) in [7, 11) is 0. The molecular formula is C21H23Cl2N5S. The molecule has 1 aliphatic carbocycles. The van der Waals surface area contributed by atoms with Crippen LogP contribution in [0.3, 0.4) is 0 Å². The highest BCUT2D eigenvalue weighted by atomic mass is 35.5. The zero-order valence-electron chi connectivity index (χ0n) is 16.0. The molecule has 152 valence electrons. The van der Waals surface area contributed by atoms with Gasteiger partial charge in [-0.1, -0.05) is 47.5 Å². The molecule has 0 bridgehead atoms. The van der Waals surface area contributed by atoms with E-state index in [1.807, 2.05) is 30.7 Å². The first kappa shape index (κ1) is 19.5. The van der Waals surface area contributed by atoms with Gasteiger partial charge in [0.15, 0.2) is 5.65 Å². The zero-order valence-corrected chi connectivity index (χ0v) is 18.3.